The second-order valence-electron chi connectivity index (χ2n) is 9.96. The highest BCUT2D eigenvalue weighted by Crippen LogP contribution is 2.30. The number of carboxylic acid groups (broad SMARTS) is 1. The molecule has 0 saturated carbocycles. The zero-order valence-corrected chi connectivity index (χ0v) is 22.8. The molecule has 0 aliphatic carbocycles. The summed E-state index contributed by atoms with van der Waals surface area (Å²) in [5.74, 6) is -1.89. The first-order valence-electron chi connectivity index (χ1n) is 13.8. The highest BCUT2D eigenvalue weighted by atomic mass is 19.4. The van der Waals surface area contributed by atoms with Gasteiger partial charge in [0.25, 0.3) is 5.89 Å². The predicted octanol–water partition coefficient (Wildman–Crippen LogP) is 7.44. The lowest BCUT2D eigenvalue weighted by Gasteiger charge is -2.21. The Morgan fingerprint density at radius 1 is 0.875 bits per heavy atom. The maximum atomic E-state index is 13.1. The van der Waals surface area contributed by atoms with Gasteiger partial charge in [0, 0.05) is 25.1 Å². The van der Waals surface area contributed by atoms with E-state index in [9.17, 15) is 27.9 Å². The quantitative estimate of drug-likeness (QED) is 0.154. The SMILES string of the molecule is CCCCCCCCCCCc1noc(-c2ccc(CN(Cc3cccc(C(F)(F)F)c3)C(=O)C(=O)O)cc2)n1. The third-order valence-electron chi connectivity index (χ3n) is 6.64. The van der Waals surface area contributed by atoms with E-state index < -0.39 is 23.6 Å². The van der Waals surface area contributed by atoms with E-state index in [4.69, 9.17) is 4.52 Å². The average Bonchev–Trinajstić information content (AvgIpc) is 3.40. The van der Waals surface area contributed by atoms with Crippen molar-refractivity contribution in [3.05, 3.63) is 71.0 Å². The van der Waals surface area contributed by atoms with Crippen molar-refractivity contribution in [2.75, 3.05) is 0 Å². The summed E-state index contributed by atoms with van der Waals surface area (Å²) >= 11 is 0. The van der Waals surface area contributed by atoms with Gasteiger partial charge in [0.05, 0.1) is 5.56 Å². The summed E-state index contributed by atoms with van der Waals surface area (Å²) < 4.78 is 44.6. The highest BCUT2D eigenvalue weighted by Gasteiger charge is 2.31. The van der Waals surface area contributed by atoms with Gasteiger partial charge in [-0.15, -0.1) is 0 Å². The van der Waals surface area contributed by atoms with Crippen LogP contribution in [0.3, 0.4) is 0 Å². The van der Waals surface area contributed by atoms with Crippen LogP contribution in [0.2, 0.25) is 0 Å². The Morgan fingerprint density at radius 2 is 1.50 bits per heavy atom. The molecule has 0 atom stereocenters. The van der Waals surface area contributed by atoms with Crippen molar-refractivity contribution in [3.8, 4) is 11.5 Å². The van der Waals surface area contributed by atoms with Gasteiger partial charge in [0.1, 0.15) is 0 Å². The summed E-state index contributed by atoms with van der Waals surface area (Å²) in [5.41, 5.74) is 0.573. The Labute approximate surface area is 232 Å². The molecular formula is C30H36F3N3O4. The number of carbonyl (C=O) groups is 2. The number of benzene rings is 2. The van der Waals surface area contributed by atoms with Gasteiger partial charge in [0.2, 0.25) is 0 Å². The molecular weight excluding hydrogens is 523 g/mol. The first kappa shape index (κ1) is 30.8. The molecule has 0 bridgehead atoms. The number of amides is 1. The molecule has 0 fully saturated rings. The fourth-order valence-electron chi connectivity index (χ4n) is 4.44. The second-order valence-corrected chi connectivity index (χ2v) is 9.96. The van der Waals surface area contributed by atoms with Gasteiger partial charge in [-0.3, -0.25) is 4.79 Å². The standard InChI is InChI=1S/C30H36F3N3O4/c1-2-3-4-5-6-7-8-9-10-14-26-34-27(40-35-26)24-17-15-22(16-18-24)20-36(28(37)29(38)39)21-23-12-11-13-25(19-23)30(31,32)33/h11-13,15-19H,2-10,14,20-21H2,1H3,(H,38,39). The number of hydrogen-bond donors (Lipinski definition) is 1. The number of aryl methyl sites for hydroxylation is 1. The molecule has 2 aromatic carbocycles. The van der Waals surface area contributed by atoms with Gasteiger partial charge < -0.3 is 14.5 Å². The molecule has 1 heterocycles. The van der Waals surface area contributed by atoms with Crippen molar-refractivity contribution in [1.29, 1.82) is 0 Å². The average molecular weight is 560 g/mol. The minimum atomic E-state index is -4.55. The molecule has 7 nitrogen and oxygen atoms in total. The van der Waals surface area contributed by atoms with E-state index in [1.54, 1.807) is 24.3 Å². The lowest BCUT2D eigenvalue weighted by molar-refractivity contribution is -0.156. The molecule has 3 rings (SSSR count). The monoisotopic (exact) mass is 559 g/mol. The van der Waals surface area contributed by atoms with Gasteiger partial charge >= 0.3 is 18.1 Å². The number of aliphatic carboxylic acids is 1. The van der Waals surface area contributed by atoms with Crippen LogP contribution in [0.15, 0.2) is 53.1 Å². The molecule has 1 amide bonds. The molecule has 10 heteroatoms. The lowest BCUT2D eigenvalue weighted by Crippen LogP contribution is -2.35. The maximum absolute atomic E-state index is 13.1. The van der Waals surface area contributed by atoms with Crippen molar-refractivity contribution in [3.63, 3.8) is 0 Å². The van der Waals surface area contributed by atoms with E-state index in [2.05, 4.69) is 17.1 Å². The zero-order chi connectivity index (χ0) is 29.0. The van der Waals surface area contributed by atoms with Crippen LogP contribution >= 0.6 is 0 Å². The van der Waals surface area contributed by atoms with Crippen molar-refractivity contribution >= 4 is 11.9 Å². The number of carbonyl (C=O) groups excluding carboxylic acids is 1. The van der Waals surface area contributed by atoms with E-state index in [1.807, 2.05) is 0 Å². The molecule has 216 valence electrons. The zero-order valence-electron chi connectivity index (χ0n) is 22.8. The number of alkyl halides is 3. The molecule has 0 aliphatic rings. The van der Waals surface area contributed by atoms with Crippen molar-refractivity contribution in [2.24, 2.45) is 0 Å². The van der Waals surface area contributed by atoms with Gasteiger partial charge in [0.15, 0.2) is 5.82 Å². The maximum Gasteiger partial charge on any atom is 0.416 e. The molecule has 0 spiro atoms. The third-order valence-corrected chi connectivity index (χ3v) is 6.64. The molecule has 0 unspecified atom stereocenters. The molecule has 40 heavy (non-hydrogen) atoms. The molecule has 1 N–H and O–H groups in total. The topological polar surface area (TPSA) is 96.5 Å². The molecule has 0 saturated heterocycles. The minimum absolute atomic E-state index is 0.102. The van der Waals surface area contributed by atoms with E-state index >= 15 is 0 Å². The lowest BCUT2D eigenvalue weighted by atomic mass is 10.1. The van der Waals surface area contributed by atoms with Crippen LogP contribution in [-0.2, 0) is 35.3 Å². The van der Waals surface area contributed by atoms with Crippen molar-refractivity contribution < 1.29 is 32.4 Å². The molecule has 1 aromatic heterocycles. The van der Waals surface area contributed by atoms with Crippen LogP contribution in [0.4, 0.5) is 13.2 Å². The highest BCUT2D eigenvalue weighted by molar-refractivity contribution is 6.31. The number of aromatic nitrogens is 2. The van der Waals surface area contributed by atoms with Crippen molar-refractivity contribution in [1.82, 2.24) is 15.0 Å². The Hall–Kier alpha value is -3.69. The molecule has 0 radical (unpaired) electrons. The van der Waals surface area contributed by atoms with Crippen molar-refractivity contribution in [2.45, 2.75) is 90.4 Å². The van der Waals surface area contributed by atoms with Crippen LogP contribution in [0.1, 0.15) is 87.2 Å². The number of hydrogen-bond acceptors (Lipinski definition) is 5. The number of nitrogens with zero attached hydrogens (tertiary/aromatic N) is 3. The van der Waals surface area contributed by atoms with Gasteiger partial charge in [-0.05, 0) is 41.8 Å². The van der Waals surface area contributed by atoms with Gasteiger partial charge in [-0.2, -0.15) is 18.2 Å². The summed E-state index contributed by atoms with van der Waals surface area (Å²) in [6.45, 7) is 1.83. The summed E-state index contributed by atoms with van der Waals surface area (Å²) in [6, 6.07) is 11.3. The first-order chi connectivity index (χ1) is 19.2. The van der Waals surface area contributed by atoms with E-state index in [1.165, 1.54) is 57.1 Å². The largest absolute Gasteiger partial charge is 0.474 e. The predicted molar refractivity (Wildman–Crippen MR) is 144 cm³/mol. The Morgan fingerprint density at radius 3 is 2.12 bits per heavy atom. The van der Waals surface area contributed by atoms with Gasteiger partial charge in [-0.25, -0.2) is 4.79 Å². The Bertz CT molecular complexity index is 1230. The molecule has 3 aromatic rings. The summed E-state index contributed by atoms with van der Waals surface area (Å²) in [6.07, 6.45) is 7.25. The fourth-order valence-corrected chi connectivity index (χ4v) is 4.44. The fraction of sp³-hybridized carbons (Fsp3) is 0.467. The number of carboxylic acids is 1. The first-order valence-corrected chi connectivity index (χ1v) is 13.8. The van der Waals surface area contributed by atoms with Gasteiger partial charge in [-0.1, -0.05) is 87.7 Å². The summed E-state index contributed by atoms with van der Waals surface area (Å²) in [7, 11) is 0. The number of halogens is 3. The van der Waals surface area contributed by atoms with Crippen LogP contribution in [0.5, 0.6) is 0 Å². The van der Waals surface area contributed by atoms with Crippen LogP contribution in [-0.4, -0.2) is 32.0 Å². The smallest absolute Gasteiger partial charge is 0.416 e. The van der Waals surface area contributed by atoms with Crippen LogP contribution < -0.4 is 0 Å². The third kappa shape index (κ3) is 9.81. The normalized spacial score (nSPS) is 11.5. The van der Waals surface area contributed by atoms with Crippen LogP contribution in [0, 0.1) is 0 Å². The van der Waals surface area contributed by atoms with E-state index in [0.717, 1.165) is 36.3 Å². The Balaban J connectivity index is 1.55. The number of rotatable bonds is 15. The summed E-state index contributed by atoms with van der Waals surface area (Å²) in [4.78, 5) is 29.1. The number of unbranched alkanes of at least 4 members (excludes halogenated alkanes) is 8. The van der Waals surface area contributed by atoms with E-state index in [0.29, 0.717) is 22.8 Å². The summed E-state index contributed by atoms with van der Waals surface area (Å²) in [5, 5.41) is 13.3. The molecule has 0 aliphatic heterocycles. The Kier molecular flexibility index (Phi) is 11.7. The minimum Gasteiger partial charge on any atom is -0.474 e. The second kappa shape index (κ2) is 15.2. The van der Waals surface area contributed by atoms with E-state index in [-0.39, 0.29) is 18.7 Å². The van der Waals surface area contributed by atoms with Crippen LogP contribution in [0.25, 0.3) is 11.5 Å².